The van der Waals surface area contributed by atoms with Gasteiger partial charge in [-0.3, -0.25) is 0 Å². The summed E-state index contributed by atoms with van der Waals surface area (Å²) in [5, 5.41) is 2.44. The zero-order valence-electron chi connectivity index (χ0n) is 37.7. The first kappa shape index (κ1) is 40.8. The highest BCUT2D eigenvalue weighted by Gasteiger charge is 2.21. The lowest BCUT2D eigenvalue weighted by Gasteiger charge is -2.27. The van der Waals surface area contributed by atoms with Crippen molar-refractivity contribution in [3.63, 3.8) is 0 Å². The highest BCUT2D eigenvalue weighted by molar-refractivity contribution is 6.17. The second-order valence-corrected chi connectivity index (χ2v) is 17.7. The average Bonchev–Trinajstić information content (AvgIpc) is 3.76. The van der Waals surface area contributed by atoms with Crippen molar-refractivity contribution < 1.29 is 0 Å². The van der Waals surface area contributed by atoms with Crippen molar-refractivity contribution in [2.24, 2.45) is 0 Å². The largest absolute Gasteiger partial charge is 0.310 e. The molecule has 0 N–H and O–H groups in total. The Bertz CT molecular complexity index is 3590. The summed E-state index contributed by atoms with van der Waals surface area (Å²) in [4.78, 5) is 2.40. The fraction of sp³-hybridized carbons (Fsp3) is 0.0303. The van der Waals surface area contributed by atoms with Gasteiger partial charge in [0.05, 0.1) is 11.0 Å². The molecule has 0 aliphatic heterocycles. The molecular formula is C66H48N2. The Balaban J connectivity index is 1.02. The van der Waals surface area contributed by atoms with E-state index in [1.165, 1.54) is 77.5 Å². The van der Waals surface area contributed by atoms with E-state index in [9.17, 15) is 0 Å². The molecule has 0 radical (unpaired) electrons. The Morgan fingerprint density at radius 2 is 0.882 bits per heavy atom. The Morgan fingerprint density at radius 1 is 0.368 bits per heavy atom. The molecule has 1 heterocycles. The average molecular weight is 869 g/mol. The van der Waals surface area contributed by atoms with Crippen LogP contribution in [0.4, 0.5) is 17.1 Å². The molecule has 1 aliphatic carbocycles. The molecule has 322 valence electrons. The zero-order valence-corrected chi connectivity index (χ0v) is 37.7. The van der Waals surface area contributed by atoms with Crippen LogP contribution in [-0.2, 0) is 0 Å². The summed E-state index contributed by atoms with van der Waals surface area (Å²) >= 11 is 0. The van der Waals surface area contributed by atoms with Crippen molar-refractivity contribution in [3.05, 3.63) is 284 Å². The molecular weight excluding hydrogens is 821 g/mol. The van der Waals surface area contributed by atoms with Gasteiger partial charge >= 0.3 is 0 Å². The van der Waals surface area contributed by atoms with Gasteiger partial charge < -0.3 is 9.47 Å². The fourth-order valence-electron chi connectivity index (χ4n) is 10.1. The van der Waals surface area contributed by atoms with Crippen LogP contribution in [0.15, 0.2) is 273 Å². The molecule has 0 fully saturated rings. The van der Waals surface area contributed by atoms with Crippen molar-refractivity contribution in [2.75, 3.05) is 4.90 Å². The molecule has 2 heteroatoms. The maximum atomic E-state index is 2.46. The van der Waals surface area contributed by atoms with Gasteiger partial charge in [0, 0.05) is 39.4 Å². The molecule has 0 amide bonds. The number of fused-ring (bicyclic) bond motifs is 3. The zero-order chi connectivity index (χ0) is 45.2. The van der Waals surface area contributed by atoms with Crippen LogP contribution in [0.1, 0.15) is 23.5 Å². The monoisotopic (exact) mass is 868 g/mol. The third-order valence-corrected chi connectivity index (χ3v) is 13.5. The topological polar surface area (TPSA) is 8.17 Å². The number of nitrogens with zero attached hydrogens (tertiary/aromatic N) is 2. The van der Waals surface area contributed by atoms with E-state index < -0.39 is 0 Å². The number of allylic oxidation sites excluding steroid dienone is 4. The van der Waals surface area contributed by atoms with E-state index >= 15 is 0 Å². The first-order valence-electron chi connectivity index (χ1n) is 23.6. The molecule has 11 aromatic rings. The van der Waals surface area contributed by atoms with Crippen LogP contribution >= 0.6 is 0 Å². The van der Waals surface area contributed by atoms with Crippen LogP contribution in [0, 0.1) is 0 Å². The molecule has 1 atom stereocenters. The minimum absolute atomic E-state index is 0.400. The predicted octanol–water partition coefficient (Wildman–Crippen LogP) is 18.0. The van der Waals surface area contributed by atoms with Gasteiger partial charge in [0.2, 0.25) is 0 Å². The Morgan fingerprint density at radius 3 is 1.50 bits per heavy atom. The van der Waals surface area contributed by atoms with Crippen molar-refractivity contribution in [2.45, 2.75) is 12.3 Å². The molecule has 0 saturated heterocycles. The highest BCUT2D eigenvalue weighted by atomic mass is 15.1. The summed E-state index contributed by atoms with van der Waals surface area (Å²) in [5.74, 6) is 0.400. The minimum atomic E-state index is 0.400. The molecule has 68 heavy (non-hydrogen) atoms. The van der Waals surface area contributed by atoms with Crippen molar-refractivity contribution >= 4 is 44.4 Å². The highest BCUT2D eigenvalue weighted by Crippen LogP contribution is 2.45. The van der Waals surface area contributed by atoms with Gasteiger partial charge in [-0.15, -0.1) is 0 Å². The van der Waals surface area contributed by atoms with Gasteiger partial charge in [-0.2, -0.15) is 0 Å². The van der Waals surface area contributed by atoms with Gasteiger partial charge in [-0.05, 0) is 134 Å². The summed E-state index contributed by atoms with van der Waals surface area (Å²) in [5.41, 5.74) is 20.1. The first-order chi connectivity index (χ1) is 33.7. The lowest BCUT2D eigenvalue weighted by atomic mass is 9.88. The maximum Gasteiger partial charge on any atom is 0.0553 e. The van der Waals surface area contributed by atoms with Crippen molar-refractivity contribution in [1.29, 1.82) is 0 Å². The smallest absolute Gasteiger partial charge is 0.0553 e. The number of para-hydroxylation sites is 1. The number of aromatic nitrogens is 1. The molecule has 12 rings (SSSR count). The van der Waals surface area contributed by atoms with E-state index in [0.717, 1.165) is 34.7 Å². The van der Waals surface area contributed by atoms with Gasteiger partial charge in [-0.1, -0.05) is 206 Å². The predicted molar refractivity (Wildman–Crippen MR) is 288 cm³/mol. The molecule has 0 saturated carbocycles. The number of benzene rings is 10. The van der Waals surface area contributed by atoms with E-state index in [1.807, 2.05) is 0 Å². The van der Waals surface area contributed by atoms with Crippen molar-refractivity contribution in [3.8, 4) is 50.2 Å². The van der Waals surface area contributed by atoms with Crippen LogP contribution in [0.5, 0.6) is 0 Å². The van der Waals surface area contributed by atoms with E-state index in [4.69, 9.17) is 0 Å². The van der Waals surface area contributed by atoms with Gasteiger partial charge in [0.15, 0.2) is 0 Å². The standard InChI is InChI=1S/C66H48N2/c1-6-17-47(18-7-1)51-29-31-52(32-30-51)54-35-40-60(41-36-54)67(59-38-33-53(34-39-59)48-19-8-2-9-20-48)61-28-16-25-56(43-61)63-44-57(50-23-12-4-13-24-50)46-65-66(63)62-42-37-55(49-21-10-3-11-22-49)45-64(62)68(65)58-26-14-5-15-27-58/h1-29,31-46,51H,30H2. The summed E-state index contributed by atoms with van der Waals surface area (Å²) in [6.45, 7) is 0. The summed E-state index contributed by atoms with van der Waals surface area (Å²) in [6.07, 6.45) is 8.02. The lowest BCUT2D eigenvalue weighted by Crippen LogP contribution is -2.10. The molecule has 1 aromatic heterocycles. The third kappa shape index (κ3) is 7.82. The molecule has 1 aliphatic rings. The van der Waals surface area contributed by atoms with E-state index in [0.29, 0.717) is 5.92 Å². The SMILES string of the molecule is C1=CC(c2ccccc2)CC=C1c1ccc(N(c2ccc(-c3ccccc3)cc2)c2cccc(-c3cc(-c4ccccc4)cc4c3c3ccc(-c5ccccc5)cc3n4-c3ccccc3)c2)cc1. The van der Waals surface area contributed by atoms with Gasteiger partial charge in [0.1, 0.15) is 0 Å². The van der Waals surface area contributed by atoms with E-state index in [1.54, 1.807) is 0 Å². The van der Waals surface area contributed by atoms with Crippen LogP contribution in [-0.4, -0.2) is 4.57 Å². The maximum absolute atomic E-state index is 2.46. The molecule has 1 unspecified atom stereocenters. The minimum Gasteiger partial charge on any atom is -0.310 e. The molecule has 2 nitrogen and oxygen atoms in total. The second-order valence-electron chi connectivity index (χ2n) is 17.7. The number of rotatable bonds is 10. The quantitative estimate of drug-likeness (QED) is 0.133. The van der Waals surface area contributed by atoms with Crippen LogP contribution in [0.25, 0.3) is 77.6 Å². The first-order valence-corrected chi connectivity index (χ1v) is 23.6. The molecule has 0 spiro atoms. The normalized spacial score (nSPS) is 13.4. The van der Waals surface area contributed by atoms with Crippen LogP contribution in [0.2, 0.25) is 0 Å². The van der Waals surface area contributed by atoms with Gasteiger partial charge in [0.25, 0.3) is 0 Å². The number of hydrogen-bond acceptors (Lipinski definition) is 1. The van der Waals surface area contributed by atoms with Crippen LogP contribution < -0.4 is 4.90 Å². The van der Waals surface area contributed by atoms with Gasteiger partial charge in [-0.25, -0.2) is 0 Å². The summed E-state index contributed by atoms with van der Waals surface area (Å²) in [7, 11) is 0. The van der Waals surface area contributed by atoms with E-state index in [2.05, 4.69) is 282 Å². The van der Waals surface area contributed by atoms with Crippen molar-refractivity contribution in [1.82, 2.24) is 4.57 Å². The summed E-state index contributed by atoms with van der Waals surface area (Å²) in [6, 6.07) is 92.7. The number of anilines is 3. The summed E-state index contributed by atoms with van der Waals surface area (Å²) < 4.78 is 2.46. The molecule has 10 aromatic carbocycles. The molecule has 0 bridgehead atoms. The van der Waals surface area contributed by atoms with Crippen LogP contribution in [0.3, 0.4) is 0 Å². The lowest BCUT2D eigenvalue weighted by molar-refractivity contribution is 0.856. The Kier molecular flexibility index (Phi) is 10.7. The third-order valence-electron chi connectivity index (χ3n) is 13.5. The van der Waals surface area contributed by atoms with E-state index in [-0.39, 0.29) is 0 Å². The Hall–Kier alpha value is -8.72. The second kappa shape index (κ2) is 17.9. The number of hydrogen-bond donors (Lipinski definition) is 0. The fourth-order valence-corrected chi connectivity index (χ4v) is 10.1. The Labute approximate surface area is 398 Å².